The Morgan fingerprint density at radius 2 is 2.43 bits per heavy atom. The van der Waals surface area contributed by atoms with Crippen LogP contribution in [0.3, 0.4) is 0 Å². The molecule has 0 saturated carbocycles. The molecular weight excluding hydrogens is 178 g/mol. The lowest BCUT2D eigenvalue weighted by Gasteiger charge is -2.08. The molecule has 0 aliphatic heterocycles. The number of carbonyl (C=O) groups is 1. The summed E-state index contributed by atoms with van der Waals surface area (Å²) in [4.78, 5) is 15.2. The fourth-order valence-corrected chi connectivity index (χ4v) is 0.947. The zero-order valence-corrected chi connectivity index (χ0v) is 8.56. The lowest BCUT2D eigenvalue weighted by Crippen LogP contribution is -2.13. The third kappa shape index (κ3) is 3.17. The minimum atomic E-state index is -0.142. The number of ether oxygens (including phenoxy) is 1. The topological polar surface area (TPSA) is 39.2 Å². The van der Waals surface area contributed by atoms with Crippen LogP contribution in [0, 0.1) is 5.92 Å². The van der Waals surface area contributed by atoms with Gasteiger partial charge in [0.25, 0.3) is 0 Å². The second-order valence-electron chi connectivity index (χ2n) is 3.28. The predicted octanol–water partition coefficient (Wildman–Crippen LogP) is 2.17. The molecule has 0 amide bonds. The number of hydrogen-bond acceptors (Lipinski definition) is 3. The maximum Gasteiger partial charge on any atom is 0.308 e. The van der Waals surface area contributed by atoms with E-state index in [0.717, 1.165) is 12.0 Å². The Kier molecular flexibility index (Phi) is 4.11. The van der Waals surface area contributed by atoms with Crippen LogP contribution < -0.4 is 0 Å². The third-order valence-electron chi connectivity index (χ3n) is 2.12. The maximum atomic E-state index is 11.3. The van der Waals surface area contributed by atoms with Gasteiger partial charge in [-0.3, -0.25) is 9.78 Å². The van der Waals surface area contributed by atoms with Crippen molar-refractivity contribution in [3.63, 3.8) is 0 Å². The number of nitrogens with zero attached hydrogens (tertiary/aromatic N) is 1. The van der Waals surface area contributed by atoms with E-state index in [1.807, 2.05) is 26.0 Å². The van der Waals surface area contributed by atoms with Crippen molar-refractivity contribution in [1.29, 1.82) is 0 Å². The number of esters is 1. The largest absolute Gasteiger partial charge is 0.461 e. The molecule has 14 heavy (non-hydrogen) atoms. The molecule has 0 N–H and O–H groups in total. The highest BCUT2D eigenvalue weighted by Gasteiger charge is 2.11. The summed E-state index contributed by atoms with van der Waals surface area (Å²) in [6.07, 6.45) is 4.20. The maximum absolute atomic E-state index is 11.3. The first-order chi connectivity index (χ1) is 6.74. The van der Waals surface area contributed by atoms with E-state index in [4.69, 9.17) is 4.74 Å². The lowest BCUT2D eigenvalue weighted by molar-refractivity contribution is -0.149. The highest BCUT2D eigenvalue weighted by Crippen LogP contribution is 2.06. The summed E-state index contributed by atoms with van der Waals surface area (Å²) in [5.41, 5.74) is 0.921. The minimum absolute atomic E-state index is 0.0216. The van der Waals surface area contributed by atoms with Crippen molar-refractivity contribution in [2.24, 2.45) is 5.92 Å². The SMILES string of the molecule is CCC(C)C(=O)OCc1cccnc1. The van der Waals surface area contributed by atoms with Crippen LogP contribution in [0.5, 0.6) is 0 Å². The molecule has 3 heteroatoms. The first-order valence-corrected chi connectivity index (χ1v) is 4.79. The fourth-order valence-electron chi connectivity index (χ4n) is 0.947. The Morgan fingerprint density at radius 1 is 1.64 bits per heavy atom. The molecule has 0 aliphatic carbocycles. The van der Waals surface area contributed by atoms with Gasteiger partial charge in [-0.1, -0.05) is 19.9 Å². The minimum Gasteiger partial charge on any atom is -0.461 e. The number of carbonyl (C=O) groups excluding carboxylic acids is 1. The van der Waals surface area contributed by atoms with Gasteiger partial charge in [0, 0.05) is 18.0 Å². The van der Waals surface area contributed by atoms with Crippen molar-refractivity contribution >= 4 is 5.97 Å². The smallest absolute Gasteiger partial charge is 0.308 e. The van der Waals surface area contributed by atoms with Crippen LogP contribution in [0.2, 0.25) is 0 Å². The van der Waals surface area contributed by atoms with Gasteiger partial charge in [-0.15, -0.1) is 0 Å². The van der Waals surface area contributed by atoms with E-state index in [-0.39, 0.29) is 11.9 Å². The summed E-state index contributed by atoms with van der Waals surface area (Å²) in [7, 11) is 0. The van der Waals surface area contributed by atoms with Gasteiger partial charge in [0.1, 0.15) is 6.61 Å². The average molecular weight is 193 g/mol. The highest BCUT2D eigenvalue weighted by atomic mass is 16.5. The molecule has 1 heterocycles. The van der Waals surface area contributed by atoms with E-state index < -0.39 is 0 Å². The van der Waals surface area contributed by atoms with Crippen molar-refractivity contribution in [1.82, 2.24) is 4.98 Å². The first-order valence-electron chi connectivity index (χ1n) is 4.79. The lowest BCUT2D eigenvalue weighted by atomic mass is 10.1. The van der Waals surface area contributed by atoms with E-state index in [9.17, 15) is 4.79 Å². The molecule has 0 saturated heterocycles. The normalized spacial score (nSPS) is 12.1. The van der Waals surface area contributed by atoms with E-state index >= 15 is 0 Å². The van der Waals surface area contributed by atoms with Gasteiger partial charge in [-0.05, 0) is 12.5 Å². The number of hydrogen-bond donors (Lipinski definition) is 0. The molecule has 0 bridgehead atoms. The summed E-state index contributed by atoms with van der Waals surface area (Å²) in [5, 5.41) is 0. The third-order valence-corrected chi connectivity index (χ3v) is 2.12. The van der Waals surface area contributed by atoms with E-state index in [2.05, 4.69) is 4.98 Å². The predicted molar refractivity (Wildman–Crippen MR) is 53.5 cm³/mol. The van der Waals surface area contributed by atoms with Crippen LogP contribution in [-0.4, -0.2) is 11.0 Å². The quantitative estimate of drug-likeness (QED) is 0.688. The Hall–Kier alpha value is -1.38. The van der Waals surface area contributed by atoms with Gasteiger partial charge in [0.05, 0.1) is 5.92 Å². The second kappa shape index (κ2) is 5.37. The van der Waals surface area contributed by atoms with Crippen LogP contribution in [0.25, 0.3) is 0 Å². The molecule has 0 radical (unpaired) electrons. The number of rotatable bonds is 4. The zero-order valence-electron chi connectivity index (χ0n) is 8.56. The van der Waals surface area contributed by atoms with Gasteiger partial charge in [0.2, 0.25) is 0 Å². The summed E-state index contributed by atoms with van der Waals surface area (Å²) in [5.74, 6) is -0.164. The van der Waals surface area contributed by atoms with Crippen LogP contribution in [0.4, 0.5) is 0 Å². The van der Waals surface area contributed by atoms with Gasteiger partial charge in [0.15, 0.2) is 0 Å². The number of aromatic nitrogens is 1. The number of pyridine rings is 1. The summed E-state index contributed by atoms with van der Waals surface area (Å²) >= 11 is 0. The van der Waals surface area contributed by atoms with E-state index in [0.29, 0.717) is 6.61 Å². The van der Waals surface area contributed by atoms with Crippen LogP contribution in [0.15, 0.2) is 24.5 Å². The standard InChI is InChI=1S/C11H15NO2/c1-3-9(2)11(13)14-8-10-5-4-6-12-7-10/h4-7,9H,3,8H2,1-2H3. The second-order valence-corrected chi connectivity index (χ2v) is 3.28. The molecule has 1 rings (SSSR count). The van der Waals surface area contributed by atoms with Crippen LogP contribution in [-0.2, 0) is 16.1 Å². The highest BCUT2D eigenvalue weighted by molar-refractivity contribution is 5.71. The molecule has 1 atom stereocenters. The van der Waals surface area contributed by atoms with E-state index in [1.54, 1.807) is 12.4 Å². The van der Waals surface area contributed by atoms with Crippen molar-refractivity contribution in [2.75, 3.05) is 0 Å². The van der Waals surface area contributed by atoms with Crippen LogP contribution >= 0.6 is 0 Å². The van der Waals surface area contributed by atoms with Gasteiger partial charge in [-0.2, -0.15) is 0 Å². The molecular formula is C11H15NO2. The van der Waals surface area contributed by atoms with Crippen molar-refractivity contribution in [3.8, 4) is 0 Å². The Morgan fingerprint density at radius 3 is 3.00 bits per heavy atom. The molecule has 0 fully saturated rings. The molecule has 1 unspecified atom stereocenters. The Labute approximate surface area is 84.1 Å². The molecule has 1 aromatic heterocycles. The molecule has 0 spiro atoms. The van der Waals surface area contributed by atoms with Gasteiger partial charge >= 0.3 is 5.97 Å². The van der Waals surface area contributed by atoms with Crippen molar-refractivity contribution in [3.05, 3.63) is 30.1 Å². The molecule has 76 valence electrons. The Balaban J connectivity index is 2.38. The monoisotopic (exact) mass is 193 g/mol. The molecule has 3 nitrogen and oxygen atoms in total. The first kappa shape index (κ1) is 10.7. The van der Waals surface area contributed by atoms with Crippen LogP contribution in [0.1, 0.15) is 25.8 Å². The fraction of sp³-hybridized carbons (Fsp3) is 0.455. The molecule has 0 aliphatic rings. The summed E-state index contributed by atoms with van der Waals surface area (Å²) < 4.78 is 5.10. The summed E-state index contributed by atoms with van der Waals surface area (Å²) in [6.45, 7) is 4.15. The zero-order chi connectivity index (χ0) is 10.4. The van der Waals surface area contributed by atoms with Crippen molar-refractivity contribution < 1.29 is 9.53 Å². The summed E-state index contributed by atoms with van der Waals surface area (Å²) in [6, 6.07) is 3.71. The van der Waals surface area contributed by atoms with Crippen molar-refractivity contribution in [2.45, 2.75) is 26.9 Å². The van der Waals surface area contributed by atoms with Gasteiger partial charge in [-0.25, -0.2) is 0 Å². The molecule has 0 aromatic carbocycles. The molecule has 1 aromatic rings. The Bertz CT molecular complexity index is 285. The average Bonchev–Trinajstić information content (AvgIpc) is 2.26. The van der Waals surface area contributed by atoms with E-state index in [1.165, 1.54) is 0 Å². The van der Waals surface area contributed by atoms with Gasteiger partial charge < -0.3 is 4.74 Å².